The second kappa shape index (κ2) is 13.3. The summed E-state index contributed by atoms with van der Waals surface area (Å²) in [5.74, 6) is -1.17. The second-order valence-electron chi connectivity index (χ2n) is 6.09. The van der Waals surface area contributed by atoms with E-state index >= 15 is 0 Å². The number of methoxy groups -OCH3 is 1. The van der Waals surface area contributed by atoms with E-state index in [0.717, 1.165) is 38.8 Å². The number of aromatic carboxylic acids is 1. The average molecular weight is 470 g/mol. The third kappa shape index (κ3) is 6.35. The number of thiophene rings is 2. The Labute approximate surface area is 205 Å². The number of esters is 1. The molecule has 0 atom stereocenters. The maximum atomic E-state index is 11.3. The minimum absolute atomic E-state index is 0. The van der Waals surface area contributed by atoms with Gasteiger partial charge in [0.15, 0.2) is 0 Å². The fraction of sp³-hybridized carbons (Fsp3) is 0.238. The van der Waals surface area contributed by atoms with E-state index in [1.165, 1.54) is 35.3 Å². The number of pyridine rings is 2. The molecule has 0 saturated carbocycles. The molecule has 4 heterocycles. The van der Waals surface area contributed by atoms with Crippen LogP contribution in [0.5, 0.6) is 0 Å². The minimum Gasteiger partial charge on any atom is -0.870 e. The number of carbonyl (C=O) groups excluding carboxylic acids is 1. The Bertz CT molecular complexity index is 1190. The van der Waals surface area contributed by atoms with Gasteiger partial charge in [-0.1, -0.05) is 13.8 Å². The molecule has 0 unspecified atom stereocenters. The van der Waals surface area contributed by atoms with Gasteiger partial charge in [0.1, 0.15) is 9.75 Å². The van der Waals surface area contributed by atoms with E-state index in [-0.39, 0.29) is 35.8 Å². The van der Waals surface area contributed by atoms with Crippen LogP contribution in [0.3, 0.4) is 0 Å². The summed E-state index contributed by atoms with van der Waals surface area (Å²) in [5.41, 5.74) is 4.04. The molecule has 8 nitrogen and oxygen atoms in total. The Morgan fingerprint density at radius 3 is 1.78 bits per heavy atom. The van der Waals surface area contributed by atoms with Crippen molar-refractivity contribution < 1.29 is 49.2 Å². The zero-order valence-electron chi connectivity index (χ0n) is 18.2. The quantitative estimate of drug-likeness (QED) is 0.348. The number of ether oxygens (including phenoxy) is 1. The standard InChI is InChI=1S/C11H11NO2S.C10H9NO2S.Li.2H2O/c1-3-7-4-5-12-8-6-9(11(13)14-2)15-10(7)8;1-2-6-3-4-11-7-5-8(10(12)13)14-9(6)7;;;/h4-6H,3H2,1-2H3;3-5H,2H2,1H3,(H,12,13);;2*1H2/q;;+1;;/p-1. The van der Waals surface area contributed by atoms with Crippen LogP contribution in [0, 0.1) is 0 Å². The van der Waals surface area contributed by atoms with Crippen molar-refractivity contribution in [3.63, 3.8) is 0 Å². The fourth-order valence-electron chi connectivity index (χ4n) is 2.84. The predicted molar refractivity (Wildman–Crippen MR) is 122 cm³/mol. The maximum Gasteiger partial charge on any atom is 1.00 e. The number of fused-ring (bicyclic) bond motifs is 2. The molecule has 32 heavy (non-hydrogen) atoms. The first kappa shape index (κ1) is 29.7. The summed E-state index contributed by atoms with van der Waals surface area (Å²) in [6.45, 7) is 4.14. The number of aryl methyl sites for hydroxylation is 2. The molecule has 0 aromatic carbocycles. The van der Waals surface area contributed by atoms with E-state index in [0.29, 0.717) is 9.75 Å². The van der Waals surface area contributed by atoms with Gasteiger partial charge in [0.25, 0.3) is 0 Å². The van der Waals surface area contributed by atoms with Gasteiger partial charge in [0, 0.05) is 12.4 Å². The van der Waals surface area contributed by atoms with Crippen LogP contribution >= 0.6 is 22.7 Å². The average Bonchev–Trinajstić information content (AvgIpc) is 3.37. The normalized spacial score (nSPS) is 9.59. The summed E-state index contributed by atoms with van der Waals surface area (Å²) < 4.78 is 6.76. The second-order valence-corrected chi connectivity index (χ2v) is 8.20. The van der Waals surface area contributed by atoms with Crippen LogP contribution in [-0.4, -0.2) is 45.1 Å². The number of carbonyl (C=O) groups is 2. The molecule has 4 aromatic heterocycles. The van der Waals surface area contributed by atoms with Crippen LogP contribution < -0.4 is 18.9 Å². The van der Waals surface area contributed by atoms with Crippen molar-refractivity contribution in [2.75, 3.05) is 7.11 Å². The number of hydrogen-bond donors (Lipinski definition) is 1. The van der Waals surface area contributed by atoms with Crippen molar-refractivity contribution in [2.45, 2.75) is 26.7 Å². The first-order valence-corrected chi connectivity index (χ1v) is 10.7. The Morgan fingerprint density at radius 2 is 1.38 bits per heavy atom. The van der Waals surface area contributed by atoms with Gasteiger partial charge in [0.05, 0.1) is 27.5 Å². The Balaban J connectivity index is 0.000000550. The molecule has 4 rings (SSSR count). The molecule has 11 heteroatoms. The largest absolute Gasteiger partial charge is 1.00 e. The SMILES string of the molecule is CCc1ccnc2cc(C(=O)O)sc12.CCc1ccnc2cc(C(=O)OC)sc12.O.[Li+].[OH-]. The van der Waals surface area contributed by atoms with Crippen molar-refractivity contribution in [1.82, 2.24) is 9.97 Å². The molecule has 4 aromatic rings. The Morgan fingerprint density at radius 1 is 0.938 bits per heavy atom. The zero-order valence-corrected chi connectivity index (χ0v) is 19.8. The zero-order chi connectivity index (χ0) is 21.0. The van der Waals surface area contributed by atoms with Crippen molar-refractivity contribution >= 4 is 55.0 Å². The van der Waals surface area contributed by atoms with Crippen LogP contribution in [0.25, 0.3) is 20.4 Å². The predicted octanol–water partition coefficient (Wildman–Crippen LogP) is 1.20. The van der Waals surface area contributed by atoms with Gasteiger partial charge in [-0.25, -0.2) is 9.59 Å². The molecule has 0 aliphatic heterocycles. The minimum atomic E-state index is -0.880. The molecule has 0 spiro atoms. The maximum absolute atomic E-state index is 11.3. The molecule has 166 valence electrons. The third-order valence-corrected chi connectivity index (χ3v) is 6.71. The Kier molecular flexibility index (Phi) is 12.3. The number of carboxylic acid groups (broad SMARTS) is 1. The van der Waals surface area contributed by atoms with E-state index in [2.05, 4.69) is 28.6 Å². The first-order valence-electron chi connectivity index (χ1n) is 9.04. The van der Waals surface area contributed by atoms with Gasteiger partial charge < -0.3 is 20.8 Å². The van der Waals surface area contributed by atoms with Crippen LogP contribution in [0.15, 0.2) is 36.7 Å². The fourth-order valence-corrected chi connectivity index (χ4v) is 5.00. The number of carboxylic acids is 1. The third-order valence-electron chi connectivity index (χ3n) is 4.35. The number of rotatable bonds is 4. The van der Waals surface area contributed by atoms with E-state index in [9.17, 15) is 9.59 Å². The Hall–Kier alpha value is -2.32. The van der Waals surface area contributed by atoms with Crippen molar-refractivity contribution in [2.24, 2.45) is 0 Å². The monoisotopic (exact) mass is 470 g/mol. The summed E-state index contributed by atoms with van der Waals surface area (Å²) >= 11 is 2.74. The molecule has 0 bridgehead atoms. The molecule has 0 aliphatic carbocycles. The molecule has 0 radical (unpaired) electrons. The first-order chi connectivity index (χ1) is 14.0. The smallest absolute Gasteiger partial charge is 0.870 e. The summed E-state index contributed by atoms with van der Waals surface area (Å²) in [5, 5.41) is 8.83. The molecule has 0 aliphatic rings. The summed E-state index contributed by atoms with van der Waals surface area (Å²) in [6.07, 6.45) is 5.34. The molecular weight excluding hydrogens is 447 g/mol. The van der Waals surface area contributed by atoms with Gasteiger partial charge in [0.2, 0.25) is 0 Å². The number of nitrogens with zero attached hydrogens (tertiary/aromatic N) is 2. The summed E-state index contributed by atoms with van der Waals surface area (Å²) in [7, 11) is 1.39. The molecular formula is C21H23LiN2O6S2. The van der Waals surface area contributed by atoms with Crippen molar-refractivity contribution in [3.05, 3.63) is 57.5 Å². The van der Waals surface area contributed by atoms with Crippen LogP contribution in [0.1, 0.15) is 44.3 Å². The van der Waals surface area contributed by atoms with Gasteiger partial charge in [-0.05, 0) is 48.2 Å². The van der Waals surface area contributed by atoms with E-state index in [4.69, 9.17) is 5.11 Å². The number of hydrogen-bond acceptors (Lipinski definition) is 8. The van der Waals surface area contributed by atoms with E-state index < -0.39 is 5.97 Å². The van der Waals surface area contributed by atoms with E-state index in [1.54, 1.807) is 24.5 Å². The van der Waals surface area contributed by atoms with Crippen LogP contribution in [0.4, 0.5) is 0 Å². The van der Waals surface area contributed by atoms with Crippen molar-refractivity contribution in [3.8, 4) is 0 Å². The molecule has 0 amide bonds. The summed E-state index contributed by atoms with van der Waals surface area (Å²) in [6, 6.07) is 7.33. The van der Waals surface area contributed by atoms with Gasteiger partial charge in [-0.2, -0.15) is 0 Å². The molecule has 0 saturated heterocycles. The topological polar surface area (TPSA) is 151 Å². The van der Waals surface area contributed by atoms with Crippen LogP contribution in [-0.2, 0) is 17.6 Å². The van der Waals surface area contributed by atoms with E-state index in [1.807, 2.05) is 12.1 Å². The summed E-state index contributed by atoms with van der Waals surface area (Å²) in [4.78, 5) is 31.4. The molecule has 4 N–H and O–H groups in total. The van der Waals surface area contributed by atoms with Gasteiger partial charge in [-0.15, -0.1) is 22.7 Å². The van der Waals surface area contributed by atoms with Crippen molar-refractivity contribution in [1.29, 1.82) is 0 Å². The van der Waals surface area contributed by atoms with Gasteiger partial charge >= 0.3 is 30.8 Å². The van der Waals surface area contributed by atoms with Gasteiger partial charge in [-0.3, -0.25) is 9.97 Å². The number of aromatic nitrogens is 2. The molecule has 0 fully saturated rings. The van der Waals surface area contributed by atoms with Crippen LogP contribution in [0.2, 0.25) is 0 Å².